The molecule has 0 saturated heterocycles. The van der Waals surface area contributed by atoms with Gasteiger partial charge in [0.05, 0.1) is 12.4 Å². The van der Waals surface area contributed by atoms with Gasteiger partial charge in [-0.1, -0.05) is 60.2 Å². The molecule has 0 N–H and O–H groups in total. The number of alkyl halides is 6. The van der Waals surface area contributed by atoms with E-state index >= 15 is 0 Å². The minimum Gasteiger partial charge on any atom is -0.397 e. The van der Waals surface area contributed by atoms with Crippen molar-refractivity contribution >= 4 is 40.6 Å². The maximum atomic E-state index is 13.3. The summed E-state index contributed by atoms with van der Waals surface area (Å²) in [6, 6.07) is 59.1. The van der Waals surface area contributed by atoms with Gasteiger partial charge in [-0.25, -0.2) is 0 Å². The van der Waals surface area contributed by atoms with Crippen molar-refractivity contribution in [3.05, 3.63) is 250 Å². The second-order valence-corrected chi connectivity index (χ2v) is 19.0. The molecule has 5 aliphatic heterocycles. The molecule has 0 amide bonds. The summed E-state index contributed by atoms with van der Waals surface area (Å²) in [4.78, 5) is 34.9. The minimum atomic E-state index is -4.90. The number of amidine groups is 5. The third-order valence-electron chi connectivity index (χ3n) is 13.1. The van der Waals surface area contributed by atoms with Crippen LogP contribution in [-0.2, 0) is 119 Å². The van der Waals surface area contributed by atoms with Gasteiger partial charge in [-0.05, 0) is 50.0 Å². The topological polar surface area (TPSA) is 82.4 Å². The van der Waals surface area contributed by atoms with E-state index < -0.39 is 35.1 Å². The SMILES string of the molecule is CN1CCN=C1c1[c-]c(C(F)(F)F)cc(C(F)(F)F)c1.CN1CCN=C1c1[c-]cc(F)cc1F.[C-]#[N+]c1cc[c-]c(C2=NCCN2C)c1.[Ir].[Ir].[Ir].[Ir].[Ir].[c-]1ccccc1C1=NCCN1Cc1ccccc1.[c-]1ccccc1C1=NCCN1c1ccccc1. The van der Waals surface area contributed by atoms with Crippen LogP contribution in [0.5, 0.6) is 0 Å². The van der Waals surface area contributed by atoms with Gasteiger partial charge >= 0.3 is 12.4 Å². The number of benzene rings is 7. The first kappa shape index (κ1) is 76.3. The number of hydrogen-bond acceptors (Lipinski definition) is 10. The molecule has 5 aliphatic rings. The molecule has 7 aromatic rings. The van der Waals surface area contributed by atoms with Gasteiger partial charge in [0.1, 0.15) is 5.69 Å². The summed E-state index contributed by atoms with van der Waals surface area (Å²) in [5.74, 6) is 2.43. The maximum Gasteiger partial charge on any atom is 0.399 e. The fourth-order valence-electron chi connectivity index (χ4n) is 9.02. The van der Waals surface area contributed by atoms with Crippen LogP contribution in [0.2, 0.25) is 0 Å². The molecule has 0 fully saturated rings. The Labute approximate surface area is 575 Å². The van der Waals surface area contributed by atoms with Crippen molar-refractivity contribution in [3.8, 4) is 0 Å². The Hall–Kier alpha value is -5.93. The van der Waals surface area contributed by atoms with Gasteiger partial charge in [0.25, 0.3) is 0 Å². The average Bonchev–Trinajstić information content (AvgIpc) is 3.46. The Kier molecular flexibility index (Phi) is 31.8. The zero-order valence-electron chi connectivity index (χ0n) is 47.3. The maximum absolute atomic E-state index is 13.3. The van der Waals surface area contributed by atoms with E-state index in [4.69, 9.17) is 6.57 Å². The zero-order chi connectivity index (χ0) is 58.9. The van der Waals surface area contributed by atoms with E-state index in [1.54, 1.807) is 19.2 Å². The molecule has 473 valence electrons. The molecule has 5 heterocycles. The quantitative estimate of drug-likeness (QED) is 0.112. The Balaban J connectivity index is 0.000000285. The molecule has 0 unspecified atom stereocenters. The summed E-state index contributed by atoms with van der Waals surface area (Å²) in [6.45, 7) is 15.5. The Bertz CT molecular complexity index is 3470. The van der Waals surface area contributed by atoms with E-state index in [0.717, 1.165) is 98.7 Å². The number of rotatable bonds is 8. The molecular weight excluding hydrogens is 2040 g/mol. The van der Waals surface area contributed by atoms with Gasteiger partial charge in [-0.15, -0.1) is 131 Å². The van der Waals surface area contributed by atoms with Crippen LogP contribution >= 0.6 is 0 Å². The molecule has 0 spiro atoms. The molecule has 0 bridgehead atoms. The standard InChI is InChI=1S/C16H15N2.C15H13N2.C12H9F6N2.C11H10N3.C10H9F2N2.5Ir/c1-3-7-14(8-4-1)13-18-12-11-17-16(18)15-9-5-2-6-10-15;1-3-7-13(8-4-1)15-16-11-12-17(15)14-9-5-2-6-10-14;1-20-3-2-19-10(20)7-4-8(11(13,14)15)6-9(5-7)12(16,17)18;1-12-10-5-3-4-9(8-10)11-13-6-7-14(11)2;1-14-5-4-13-10(14)8-3-2-7(11)6-9(8)12;;;;;/h1-9H,11-13H2;1-7,9-10H,11-12H2;4,6H,2-3H2,1H3;3,5,8H,6-7H2,2H3;2,6H,4-5H2,1H3;;;;;/q5*-1;;;;;. The molecule has 12 rings (SSSR count). The molecule has 0 saturated carbocycles. The molecule has 88 heavy (non-hydrogen) atoms. The summed E-state index contributed by atoms with van der Waals surface area (Å²) < 4.78 is 102. The van der Waals surface area contributed by atoms with E-state index in [9.17, 15) is 35.1 Å². The zero-order valence-corrected chi connectivity index (χ0v) is 59.3. The first-order chi connectivity index (χ1) is 40.0. The number of nitrogens with zero attached hydrogens (tertiary/aromatic N) is 11. The number of para-hydroxylation sites is 1. The first-order valence-corrected chi connectivity index (χ1v) is 26.4. The van der Waals surface area contributed by atoms with E-state index in [2.05, 4.69) is 129 Å². The largest absolute Gasteiger partial charge is 0.399 e. The first-order valence-electron chi connectivity index (χ1n) is 26.4. The second kappa shape index (κ2) is 36.7. The molecule has 0 atom stereocenters. The fourth-order valence-corrected chi connectivity index (χ4v) is 9.02. The monoisotopic (exact) mass is 2100 g/mol. The van der Waals surface area contributed by atoms with Crippen molar-refractivity contribution in [1.29, 1.82) is 0 Å². The van der Waals surface area contributed by atoms with Crippen LogP contribution in [-0.4, -0.2) is 135 Å². The van der Waals surface area contributed by atoms with E-state index in [0.29, 0.717) is 37.2 Å². The van der Waals surface area contributed by atoms with Crippen LogP contribution in [0.25, 0.3) is 4.85 Å². The van der Waals surface area contributed by atoms with Gasteiger partial charge in [-0.2, -0.15) is 32.4 Å². The van der Waals surface area contributed by atoms with Crippen LogP contribution in [0, 0.1) is 48.5 Å². The normalized spacial score (nSPS) is 14.6. The van der Waals surface area contributed by atoms with Gasteiger partial charge in [0, 0.05) is 213 Å². The number of aliphatic imine (C=N–C) groups is 5. The number of anilines is 1. The van der Waals surface area contributed by atoms with Crippen molar-refractivity contribution in [2.75, 3.05) is 91.5 Å². The van der Waals surface area contributed by atoms with Gasteiger partial charge < -0.3 is 49.5 Å². The van der Waals surface area contributed by atoms with Crippen molar-refractivity contribution in [2.45, 2.75) is 18.9 Å². The minimum absolute atomic E-state index is 0. The molecular formula is C64H56F8Ir5N11-5. The average molecular weight is 2090 g/mol. The predicted octanol–water partition coefficient (Wildman–Crippen LogP) is 11.9. The molecule has 24 heteroatoms. The van der Waals surface area contributed by atoms with E-state index in [-0.39, 0.29) is 124 Å². The smallest absolute Gasteiger partial charge is 0.397 e. The third kappa shape index (κ3) is 21.4. The summed E-state index contributed by atoms with van der Waals surface area (Å²) in [5.41, 5.74) is 3.36. The third-order valence-corrected chi connectivity index (χ3v) is 13.1. The Morgan fingerprint density at radius 3 is 1.51 bits per heavy atom. The molecule has 5 radical (unpaired) electrons. The molecule has 0 aromatic heterocycles. The van der Waals surface area contributed by atoms with Crippen LogP contribution in [0.3, 0.4) is 0 Å². The number of halogens is 8. The summed E-state index contributed by atoms with van der Waals surface area (Å²) in [7, 11) is 5.37. The van der Waals surface area contributed by atoms with Crippen molar-refractivity contribution < 1.29 is 136 Å². The van der Waals surface area contributed by atoms with Gasteiger partial charge in [0.15, 0.2) is 0 Å². The van der Waals surface area contributed by atoms with Crippen LogP contribution < -0.4 is 4.90 Å². The van der Waals surface area contributed by atoms with Crippen molar-refractivity contribution in [3.63, 3.8) is 0 Å². The number of hydrogen-bond donors (Lipinski definition) is 0. The van der Waals surface area contributed by atoms with Crippen LogP contribution in [0.15, 0.2) is 177 Å². The summed E-state index contributed by atoms with van der Waals surface area (Å²) >= 11 is 0. The summed E-state index contributed by atoms with van der Waals surface area (Å²) in [6.07, 6.45) is -9.75. The van der Waals surface area contributed by atoms with E-state index in [1.807, 2.05) is 79.7 Å². The van der Waals surface area contributed by atoms with Gasteiger partial charge in [-0.3, -0.25) is 13.6 Å². The van der Waals surface area contributed by atoms with Crippen molar-refractivity contribution in [1.82, 2.24) is 19.6 Å². The number of likely N-dealkylation sites (N-methyl/N-ethyl adjacent to an activating group) is 3. The fraction of sp³-hybridized carbons (Fsp3) is 0.250. The molecule has 0 aliphatic carbocycles. The Morgan fingerprint density at radius 1 is 0.489 bits per heavy atom. The van der Waals surface area contributed by atoms with Crippen LogP contribution in [0.4, 0.5) is 46.5 Å². The van der Waals surface area contributed by atoms with Crippen molar-refractivity contribution in [2.24, 2.45) is 25.0 Å². The molecule has 11 nitrogen and oxygen atoms in total. The second-order valence-electron chi connectivity index (χ2n) is 19.0. The predicted molar refractivity (Wildman–Crippen MR) is 308 cm³/mol. The van der Waals surface area contributed by atoms with Crippen LogP contribution in [0.1, 0.15) is 44.5 Å². The van der Waals surface area contributed by atoms with Gasteiger partial charge in [0.2, 0.25) is 0 Å². The van der Waals surface area contributed by atoms with E-state index in [1.165, 1.54) is 16.2 Å². The molecule has 7 aromatic carbocycles. The summed E-state index contributed by atoms with van der Waals surface area (Å²) in [5, 5.41) is 0. The Morgan fingerprint density at radius 2 is 0.989 bits per heavy atom.